The molecule has 2 aliphatic rings. The molecule has 3 nitrogen and oxygen atoms in total. The van der Waals surface area contributed by atoms with Crippen LogP contribution in [0.1, 0.15) is 64.2 Å². The summed E-state index contributed by atoms with van der Waals surface area (Å²) in [5, 5.41) is 1.87. The van der Waals surface area contributed by atoms with Gasteiger partial charge in [0.2, 0.25) is 6.41 Å². The molecule has 0 radical (unpaired) electrons. The molecule has 0 aromatic rings. The highest BCUT2D eigenvalue weighted by atomic mass is 16.1. The van der Waals surface area contributed by atoms with Gasteiger partial charge in [-0.2, -0.15) is 0 Å². The number of rotatable bonds is 4. The van der Waals surface area contributed by atoms with Crippen LogP contribution in [0.2, 0.25) is 0 Å². The minimum absolute atomic E-state index is 0.452. The fraction of sp³-hybridized carbons (Fsp3) is 0.923. The molecule has 2 aliphatic carbocycles. The number of carbonyl (C=O) groups is 1. The third kappa shape index (κ3) is 3.21. The first-order valence-corrected chi connectivity index (χ1v) is 6.90. The number of hydrogen-bond donors (Lipinski definition) is 1. The van der Waals surface area contributed by atoms with Gasteiger partial charge in [-0.1, -0.05) is 38.5 Å². The van der Waals surface area contributed by atoms with Crippen LogP contribution in [-0.4, -0.2) is 23.5 Å². The van der Waals surface area contributed by atoms with E-state index in [0.29, 0.717) is 12.1 Å². The Morgan fingerprint density at radius 2 is 1.44 bits per heavy atom. The van der Waals surface area contributed by atoms with Gasteiger partial charge in [0.05, 0.1) is 0 Å². The number of hydrogen-bond acceptors (Lipinski definition) is 2. The number of carbonyl (C=O) groups excluding carboxylic acids is 1. The molecule has 2 saturated carbocycles. The van der Waals surface area contributed by atoms with E-state index < -0.39 is 0 Å². The molecule has 0 aliphatic heterocycles. The first-order valence-electron chi connectivity index (χ1n) is 6.90. The van der Waals surface area contributed by atoms with Gasteiger partial charge >= 0.3 is 0 Å². The van der Waals surface area contributed by atoms with E-state index in [-0.39, 0.29) is 0 Å². The molecule has 0 spiro atoms. The molecule has 2 rings (SSSR count). The minimum Gasteiger partial charge on any atom is -0.277 e. The second-order valence-corrected chi connectivity index (χ2v) is 5.27. The maximum atomic E-state index is 11.1. The van der Waals surface area contributed by atoms with Crippen molar-refractivity contribution in [3.63, 3.8) is 0 Å². The van der Waals surface area contributed by atoms with Crippen molar-refractivity contribution in [2.75, 3.05) is 0 Å². The normalized spacial score (nSPS) is 24.2. The number of nitrogens with one attached hydrogen (secondary N) is 1. The molecule has 0 aromatic carbocycles. The van der Waals surface area contributed by atoms with Crippen LogP contribution in [0.15, 0.2) is 0 Å². The van der Waals surface area contributed by atoms with Crippen LogP contribution in [0.5, 0.6) is 0 Å². The van der Waals surface area contributed by atoms with Crippen molar-refractivity contribution in [1.29, 1.82) is 0 Å². The smallest absolute Gasteiger partial charge is 0.224 e. The van der Waals surface area contributed by atoms with Crippen LogP contribution in [0.25, 0.3) is 0 Å². The van der Waals surface area contributed by atoms with Crippen molar-refractivity contribution in [3.05, 3.63) is 0 Å². The Morgan fingerprint density at radius 3 is 2.00 bits per heavy atom. The van der Waals surface area contributed by atoms with Crippen molar-refractivity contribution < 1.29 is 4.79 Å². The zero-order valence-electron chi connectivity index (χ0n) is 10.2. The molecule has 92 valence electrons. The van der Waals surface area contributed by atoms with Gasteiger partial charge in [-0.05, 0) is 25.7 Å². The van der Waals surface area contributed by atoms with Crippen molar-refractivity contribution in [2.24, 2.45) is 0 Å². The summed E-state index contributed by atoms with van der Waals surface area (Å²) in [5.74, 6) is 0. The van der Waals surface area contributed by atoms with Crippen molar-refractivity contribution >= 4 is 6.41 Å². The molecule has 3 heteroatoms. The first-order chi connectivity index (χ1) is 7.90. The van der Waals surface area contributed by atoms with Crippen LogP contribution in [0.3, 0.4) is 0 Å². The SMILES string of the molecule is O=CN(NC1CCCCC1)C1CCCCC1. The number of nitrogens with zero attached hydrogens (tertiary/aromatic N) is 1. The highest BCUT2D eigenvalue weighted by Crippen LogP contribution is 2.23. The third-order valence-corrected chi connectivity index (χ3v) is 4.02. The van der Waals surface area contributed by atoms with Crippen molar-refractivity contribution in [1.82, 2.24) is 10.4 Å². The molecule has 1 N–H and O–H groups in total. The topological polar surface area (TPSA) is 32.3 Å². The number of amides is 1. The lowest BCUT2D eigenvalue weighted by molar-refractivity contribution is -0.125. The van der Waals surface area contributed by atoms with E-state index in [9.17, 15) is 4.79 Å². The summed E-state index contributed by atoms with van der Waals surface area (Å²) in [6.07, 6.45) is 13.7. The zero-order valence-corrected chi connectivity index (χ0v) is 10.2. The van der Waals surface area contributed by atoms with Gasteiger partial charge in [-0.15, -0.1) is 0 Å². The highest BCUT2D eigenvalue weighted by Gasteiger charge is 2.23. The Balaban J connectivity index is 1.81. The van der Waals surface area contributed by atoms with E-state index >= 15 is 0 Å². The fourth-order valence-electron chi connectivity index (χ4n) is 3.02. The Morgan fingerprint density at radius 1 is 0.875 bits per heavy atom. The molecule has 0 atom stereocenters. The lowest BCUT2D eigenvalue weighted by Crippen LogP contribution is -2.50. The lowest BCUT2D eigenvalue weighted by atomic mass is 9.94. The third-order valence-electron chi connectivity index (χ3n) is 4.02. The molecule has 1 amide bonds. The van der Waals surface area contributed by atoms with E-state index in [2.05, 4.69) is 5.43 Å². The molecular formula is C13H24N2O. The summed E-state index contributed by atoms with van der Waals surface area (Å²) < 4.78 is 0. The molecular weight excluding hydrogens is 200 g/mol. The zero-order chi connectivity index (χ0) is 11.2. The van der Waals surface area contributed by atoms with Crippen LogP contribution in [0, 0.1) is 0 Å². The average Bonchev–Trinajstić information content (AvgIpc) is 2.38. The first kappa shape index (κ1) is 11.9. The van der Waals surface area contributed by atoms with Gasteiger partial charge in [0.25, 0.3) is 0 Å². The molecule has 0 heterocycles. The molecule has 0 unspecified atom stereocenters. The Hall–Kier alpha value is -0.570. The fourth-order valence-corrected chi connectivity index (χ4v) is 3.02. The van der Waals surface area contributed by atoms with Gasteiger partial charge in [0.15, 0.2) is 0 Å². The Kier molecular flexibility index (Phi) is 4.64. The van der Waals surface area contributed by atoms with Crippen LogP contribution in [-0.2, 0) is 4.79 Å². The van der Waals surface area contributed by atoms with E-state index in [0.717, 1.165) is 6.41 Å². The second kappa shape index (κ2) is 6.24. The maximum absolute atomic E-state index is 11.1. The van der Waals surface area contributed by atoms with Crippen LogP contribution in [0.4, 0.5) is 0 Å². The molecule has 0 saturated heterocycles. The van der Waals surface area contributed by atoms with E-state index in [1.54, 1.807) is 0 Å². The predicted octanol–water partition coefficient (Wildman–Crippen LogP) is 2.61. The highest BCUT2D eigenvalue weighted by molar-refractivity contribution is 5.46. The summed E-state index contributed by atoms with van der Waals surface area (Å²) in [7, 11) is 0. The molecule has 16 heavy (non-hydrogen) atoms. The summed E-state index contributed by atoms with van der Waals surface area (Å²) in [6.45, 7) is 0. The predicted molar refractivity (Wildman–Crippen MR) is 64.8 cm³/mol. The Bertz CT molecular complexity index is 208. The Labute approximate surface area is 98.5 Å². The lowest BCUT2D eigenvalue weighted by Gasteiger charge is -2.35. The number of hydrazine groups is 1. The van der Waals surface area contributed by atoms with Gasteiger partial charge in [-0.25, -0.2) is 5.43 Å². The molecule has 0 bridgehead atoms. The molecule has 2 fully saturated rings. The largest absolute Gasteiger partial charge is 0.277 e. The summed E-state index contributed by atoms with van der Waals surface area (Å²) >= 11 is 0. The van der Waals surface area contributed by atoms with Crippen LogP contribution >= 0.6 is 0 Å². The van der Waals surface area contributed by atoms with E-state index in [1.807, 2.05) is 5.01 Å². The summed E-state index contributed by atoms with van der Waals surface area (Å²) in [4.78, 5) is 11.1. The summed E-state index contributed by atoms with van der Waals surface area (Å²) in [6, 6.07) is 0.994. The minimum atomic E-state index is 0.452. The maximum Gasteiger partial charge on any atom is 0.224 e. The van der Waals surface area contributed by atoms with Crippen molar-refractivity contribution in [3.8, 4) is 0 Å². The van der Waals surface area contributed by atoms with Crippen LogP contribution < -0.4 is 5.43 Å². The monoisotopic (exact) mass is 224 g/mol. The van der Waals surface area contributed by atoms with Gasteiger partial charge < -0.3 is 0 Å². The standard InChI is InChI=1S/C13H24N2O/c16-11-15(13-9-5-2-6-10-13)14-12-7-3-1-4-8-12/h11-14H,1-10H2. The van der Waals surface area contributed by atoms with Gasteiger partial charge in [-0.3, -0.25) is 9.80 Å². The summed E-state index contributed by atoms with van der Waals surface area (Å²) in [5.41, 5.74) is 3.44. The van der Waals surface area contributed by atoms with Gasteiger partial charge in [0.1, 0.15) is 0 Å². The van der Waals surface area contributed by atoms with Gasteiger partial charge in [0, 0.05) is 12.1 Å². The van der Waals surface area contributed by atoms with Crippen molar-refractivity contribution in [2.45, 2.75) is 76.3 Å². The van der Waals surface area contributed by atoms with E-state index in [1.165, 1.54) is 64.2 Å². The van der Waals surface area contributed by atoms with E-state index in [4.69, 9.17) is 0 Å². The average molecular weight is 224 g/mol. The quantitative estimate of drug-likeness (QED) is 0.588. The molecule has 0 aromatic heterocycles. The second-order valence-electron chi connectivity index (χ2n) is 5.27.